The van der Waals surface area contributed by atoms with E-state index in [1.807, 2.05) is 100 Å². The Balaban J connectivity index is 0.945. The highest BCUT2D eigenvalue weighted by Gasteiger charge is 2.45. The number of β-amino-alcohol motifs (C(OH)–C–C–N with tert-alkyl or cyclic N) is 1. The van der Waals surface area contributed by atoms with Gasteiger partial charge in [-0.2, -0.15) is 5.10 Å². The molecule has 66 heavy (non-hydrogen) atoms. The van der Waals surface area contributed by atoms with Crippen LogP contribution in [-0.4, -0.2) is 101 Å². The normalized spacial score (nSPS) is 17.9. The minimum atomic E-state index is -0.997. The molecule has 0 radical (unpaired) electrons. The summed E-state index contributed by atoms with van der Waals surface area (Å²) in [7, 11) is 1.36. The number of methoxy groups -OCH3 is 1. The number of nitrogens with zero attached hydrogens (tertiary/aromatic N) is 8. The van der Waals surface area contributed by atoms with Crippen molar-refractivity contribution in [1.29, 1.82) is 0 Å². The lowest BCUT2D eigenvalue weighted by Crippen LogP contribution is -2.58. The SMILES string of the molecule is COC(=O)C[C@@H]1N=C(c2ccc(-c3cnn(CC(=O)N[C@H](C(=O)N4C[C@H](O)C[C@H]4C(=O)N[C@@H](C)c4ccc(-c5scnc5C)cc4)C(C)(C)C)c3)cc2)c2c(sc(C)c2C)-n2c(C)nnc21. The number of amides is 3. The number of fused-ring (bicyclic) bond motifs is 3. The number of thiophene rings is 1. The quantitative estimate of drug-likeness (QED) is 0.116. The predicted molar refractivity (Wildman–Crippen MR) is 252 cm³/mol. The average molecular weight is 931 g/mol. The number of likely N-dealkylation sites (tertiary alicyclic amines) is 1. The van der Waals surface area contributed by atoms with Crippen LogP contribution in [0.2, 0.25) is 0 Å². The summed E-state index contributed by atoms with van der Waals surface area (Å²) in [6.07, 6.45) is 2.63. The Bertz CT molecular complexity index is 2830. The van der Waals surface area contributed by atoms with Crippen LogP contribution in [0.15, 0.2) is 71.4 Å². The van der Waals surface area contributed by atoms with Crippen LogP contribution in [0.1, 0.15) is 97.1 Å². The number of hydrogen-bond acceptors (Lipinski definition) is 13. The summed E-state index contributed by atoms with van der Waals surface area (Å²) in [5.74, 6) is -0.381. The highest BCUT2D eigenvalue weighted by Crippen LogP contribution is 2.40. The minimum Gasteiger partial charge on any atom is -0.469 e. The Morgan fingerprint density at radius 2 is 1.64 bits per heavy atom. The average Bonchev–Trinajstić information content (AvgIpc) is 4.13. The van der Waals surface area contributed by atoms with E-state index in [2.05, 4.69) is 44.8 Å². The Kier molecular flexibility index (Phi) is 12.9. The molecule has 6 heterocycles. The van der Waals surface area contributed by atoms with Crippen LogP contribution in [0.25, 0.3) is 26.6 Å². The van der Waals surface area contributed by atoms with E-state index in [1.165, 1.54) is 16.7 Å². The topological polar surface area (TPSA) is 199 Å². The van der Waals surface area contributed by atoms with E-state index in [0.717, 1.165) is 65.1 Å². The van der Waals surface area contributed by atoms with E-state index in [0.29, 0.717) is 11.6 Å². The fourth-order valence-corrected chi connectivity index (χ4v) is 10.6. The number of carbonyl (C=O) groups excluding carboxylic acids is 4. The third-order valence-electron chi connectivity index (χ3n) is 12.3. The van der Waals surface area contributed by atoms with Crippen molar-refractivity contribution >= 4 is 52.1 Å². The molecule has 344 valence electrons. The van der Waals surface area contributed by atoms with Crippen molar-refractivity contribution in [2.24, 2.45) is 10.4 Å². The summed E-state index contributed by atoms with van der Waals surface area (Å²) in [6.45, 7) is 15.2. The second kappa shape index (κ2) is 18.5. The summed E-state index contributed by atoms with van der Waals surface area (Å²) < 4.78 is 8.53. The molecule has 2 aromatic carbocycles. The van der Waals surface area contributed by atoms with Gasteiger partial charge in [-0.25, -0.2) is 4.98 Å². The number of carbonyl (C=O) groups is 4. The van der Waals surface area contributed by atoms with Crippen molar-refractivity contribution in [2.45, 2.75) is 105 Å². The van der Waals surface area contributed by atoms with Crippen molar-refractivity contribution < 1.29 is 29.0 Å². The van der Waals surface area contributed by atoms with Crippen molar-refractivity contribution in [3.05, 3.63) is 111 Å². The van der Waals surface area contributed by atoms with E-state index in [1.54, 1.807) is 35.1 Å². The van der Waals surface area contributed by atoms with E-state index in [4.69, 9.17) is 9.73 Å². The van der Waals surface area contributed by atoms with E-state index in [-0.39, 0.29) is 37.9 Å². The number of esters is 1. The molecule has 4 aromatic heterocycles. The van der Waals surface area contributed by atoms with Gasteiger partial charge in [-0.1, -0.05) is 69.3 Å². The molecule has 0 aliphatic carbocycles. The molecule has 0 bridgehead atoms. The lowest BCUT2D eigenvalue weighted by Gasteiger charge is -2.35. The summed E-state index contributed by atoms with van der Waals surface area (Å²) >= 11 is 3.21. The highest BCUT2D eigenvalue weighted by atomic mass is 32.1. The van der Waals surface area contributed by atoms with Crippen molar-refractivity contribution in [3.63, 3.8) is 0 Å². The lowest BCUT2D eigenvalue weighted by molar-refractivity contribution is -0.144. The number of aryl methyl sites for hydroxylation is 3. The van der Waals surface area contributed by atoms with Gasteiger partial charge in [0.2, 0.25) is 17.7 Å². The number of aromatic nitrogens is 6. The molecule has 2 aliphatic rings. The van der Waals surface area contributed by atoms with Gasteiger partial charge in [-0.15, -0.1) is 32.9 Å². The van der Waals surface area contributed by atoms with Crippen LogP contribution in [0.5, 0.6) is 0 Å². The molecule has 16 nitrogen and oxygen atoms in total. The largest absolute Gasteiger partial charge is 0.469 e. The fourth-order valence-electron chi connectivity index (χ4n) is 8.55. The van der Waals surface area contributed by atoms with Crippen molar-refractivity contribution in [2.75, 3.05) is 13.7 Å². The molecule has 3 N–H and O–H groups in total. The van der Waals surface area contributed by atoms with Crippen LogP contribution in [0.4, 0.5) is 0 Å². The lowest BCUT2D eigenvalue weighted by atomic mass is 9.85. The Morgan fingerprint density at radius 3 is 2.30 bits per heavy atom. The number of benzene rings is 2. The maximum atomic E-state index is 14.3. The first kappa shape index (κ1) is 46.2. The van der Waals surface area contributed by atoms with Crippen LogP contribution >= 0.6 is 22.7 Å². The summed E-state index contributed by atoms with van der Waals surface area (Å²) in [4.78, 5) is 67.4. The minimum absolute atomic E-state index is 0.00454. The Labute approximate surface area is 391 Å². The molecule has 6 aromatic rings. The third kappa shape index (κ3) is 9.21. The maximum absolute atomic E-state index is 14.3. The molecule has 5 atom stereocenters. The zero-order chi connectivity index (χ0) is 47.2. The van der Waals surface area contributed by atoms with Crippen molar-refractivity contribution in [1.82, 2.24) is 45.1 Å². The molecule has 1 saturated heterocycles. The van der Waals surface area contributed by atoms with Gasteiger partial charge < -0.3 is 25.4 Å². The maximum Gasteiger partial charge on any atom is 0.308 e. The summed E-state index contributed by atoms with van der Waals surface area (Å²) in [5.41, 5.74) is 9.24. The summed E-state index contributed by atoms with van der Waals surface area (Å²) in [5, 5.41) is 30.9. The fraction of sp³-hybridized carbons (Fsp3) is 0.396. The van der Waals surface area contributed by atoms with Gasteiger partial charge >= 0.3 is 5.97 Å². The first-order valence-corrected chi connectivity index (χ1v) is 23.5. The molecule has 18 heteroatoms. The van der Waals surface area contributed by atoms with E-state index < -0.39 is 47.4 Å². The van der Waals surface area contributed by atoms with Gasteiger partial charge in [-0.3, -0.25) is 33.4 Å². The van der Waals surface area contributed by atoms with Crippen LogP contribution in [0, 0.1) is 33.1 Å². The first-order valence-electron chi connectivity index (χ1n) is 21.8. The van der Waals surface area contributed by atoms with Crippen molar-refractivity contribution in [3.8, 4) is 26.6 Å². The monoisotopic (exact) mass is 930 g/mol. The second-order valence-corrected chi connectivity index (χ2v) is 20.1. The van der Waals surface area contributed by atoms with Gasteiger partial charge in [0.25, 0.3) is 0 Å². The van der Waals surface area contributed by atoms with Crippen LogP contribution in [-0.2, 0) is 30.5 Å². The molecule has 2 aliphatic heterocycles. The van der Waals surface area contributed by atoms with Crippen LogP contribution < -0.4 is 10.6 Å². The molecule has 0 unspecified atom stereocenters. The number of aliphatic imine (C=N–C) groups is 1. The third-order valence-corrected chi connectivity index (χ3v) is 14.5. The summed E-state index contributed by atoms with van der Waals surface area (Å²) in [6, 6.07) is 12.9. The zero-order valence-corrected chi connectivity index (χ0v) is 40.1. The zero-order valence-electron chi connectivity index (χ0n) is 38.4. The molecule has 0 saturated carbocycles. The number of rotatable bonds is 12. The molecule has 8 rings (SSSR count). The standard InChI is InChI=1S/C48H54N10O6S2/c1-25-28(4)66-47-40(25)41(52-36(19-39(61)64-9)44-55-54-29(5)58(44)47)32-14-12-31(13-15-32)34-20-50-56(21-34)23-38(60)53-43(48(6,7)8)46(63)57-22-35(59)18-37(57)45(62)51-26(2)30-10-16-33(17-11-30)42-27(3)49-24-65-42/h10-17,20-21,24,26,35-37,43,59H,18-19,22-23H2,1-9H3,(H,51,62)(H,53,60)/t26-,35+,36-,37-,43+/m0/s1. The van der Waals surface area contributed by atoms with Gasteiger partial charge in [0.15, 0.2) is 5.82 Å². The smallest absolute Gasteiger partial charge is 0.308 e. The molecule has 3 amide bonds. The molecular weight excluding hydrogens is 877 g/mol. The molecule has 0 spiro atoms. The number of ether oxygens (including phenoxy) is 1. The number of aliphatic hydroxyl groups excluding tert-OH is 1. The Hall–Kier alpha value is -6.37. The van der Waals surface area contributed by atoms with Gasteiger partial charge in [0.1, 0.15) is 35.5 Å². The van der Waals surface area contributed by atoms with Gasteiger partial charge in [0.05, 0.1) is 53.7 Å². The van der Waals surface area contributed by atoms with Crippen LogP contribution in [0.3, 0.4) is 0 Å². The molecule has 1 fully saturated rings. The number of nitrogens with one attached hydrogen (secondary N) is 2. The predicted octanol–water partition coefficient (Wildman–Crippen LogP) is 6.37. The number of aliphatic hydroxyl groups is 1. The Morgan fingerprint density at radius 1 is 0.939 bits per heavy atom. The van der Waals surface area contributed by atoms with E-state index in [9.17, 15) is 24.3 Å². The molecular formula is C48H54N10O6S2. The van der Waals surface area contributed by atoms with E-state index >= 15 is 0 Å². The highest BCUT2D eigenvalue weighted by molar-refractivity contribution is 7.15. The van der Waals surface area contributed by atoms with Gasteiger partial charge in [0, 0.05) is 40.7 Å². The number of thiazole rings is 1. The second-order valence-electron chi connectivity index (χ2n) is 18.1. The van der Waals surface area contributed by atoms with Gasteiger partial charge in [-0.05, 0) is 62.3 Å². The first-order chi connectivity index (χ1) is 31.4. The number of hydrogen-bond donors (Lipinski definition) is 3.